The predicted octanol–water partition coefficient (Wildman–Crippen LogP) is 1.82. The van der Waals surface area contributed by atoms with Gasteiger partial charge >= 0.3 is 0 Å². The van der Waals surface area contributed by atoms with Gasteiger partial charge < -0.3 is 19.7 Å². The Labute approximate surface area is 146 Å². The van der Waals surface area contributed by atoms with Crippen molar-refractivity contribution in [2.45, 2.75) is 18.8 Å². The highest BCUT2D eigenvalue weighted by molar-refractivity contribution is 5.28. The highest BCUT2D eigenvalue weighted by Crippen LogP contribution is 2.22. The third-order valence-electron chi connectivity index (χ3n) is 4.06. The van der Waals surface area contributed by atoms with E-state index in [1.165, 1.54) is 12.1 Å². The molecule has 2 atom stereocenters. The number of halogens is 1. The summed E-state index contributed by atoms with van der Waals surface area (Å²) in [4.78, 5) is 2.08. The van der Waals surface area contributed by atoms with Gasteiger partial charge in [-0.1, -0.05) is 18.2 Å². The third-order valence-corrected chi connectivity index (χ3v) is 4.06. The first-order chi connectivity index (χ1) is 12.1. The lowest BCUT2D eigenvalue weighted by atomic mass is 10.2. The molecule has 3 rings (SSSR count). The zero-order valence-electron chi connectivity index (χ0n) is 13.8. The van der Waals surface area contributed by atoms with Crippen LogP contribution in [0, 0.1) is 5.82 Å². The molecule has 0 saturated carbocycles. The van der Waals surface area contributed by atoms with E-state index in [9.17, 15) is 9.50 Å². The van der Waals surface area contributed by atoms with Crippen LogP contribution in [-0.4, -0.2) is 53.6 Å². The molecule has 0 unspecified atom stereocenters. The quantitative estimate of drug-likeness (QED) is 0.800. The van der Waals surface area contributed by atoms with Gasteiger partial charge in [0.1, 0.15) is 36.1 Å². The number of benzene rings is 2. The van der Waals surface area contributed by atoms with Crippen LogP contribution in [0.2, 0.25) is 0 Å². The summed E-state index contributed by atoms with van der Waals surface area (Å²) < 4.78 is 24.4. The minimum Gasteiger partial charge on any atom is -0.491 e. The molecular formula is C19H22FNO4. The molecule has 2 aromatic carbocycles. The number of rotatable bonds is 7. The summed E-state index contributed by atoms with van der Waals surface area (Å²) in [6.07, 6.45) is -1.02. The summed E-state index contributed by atoms with van der Waals surface area (Å²) in [5.41, 5.74) is 1.05. The zero-order valence-corrected chi connectivity index (χ0v) is 13.8. The molecule has 0 aromatic heterocycles. The molecule has 1 saturated heterocycles. The maximum atomic E-state index is 13.2. The highest BCUT2D eigenvalue weighted by Gasteiger charge is 2.33. The second-order valence-corrected chi connectivity index (χ2v) is 6.09. The van der Waals surface area contributed by atoms with Crippen molar-refractivity contribution in [2.24, 2.45) is 0 Å². The maximum Gasteiger partial charge on any atom is 0.138 e. The predicted molar refractivity (Wildman–Crippen MR) is 91.1 cm³/mol. The molecule has 2 N–H and O–H groups in total. The van der Waals surface area contributed by atoms with Crippen molar-refractivity contribution >= 4 is 0 Å². The average Bonchev–Trinajstić information content (AvgIpc) is 2.92. The maximum absolute atomic E-state index is 13.2. The van der Waals surface area contributed by atoms with Crippen LogP contribution in [0.15, 0.2) is 48.5 Å². The Hall–Kier alpha value is -2.15. The summed E-state index contributed by atoms with van der Waals surface area (Å²) in [6.45, 7) is 1.93. The molecule has 2 aromatic rings. The summed E-state index contributed by atoms with van der Waals surface area (Å²) in [5, 5.41) is 19.1. The fourth-order valence-corrected chi connectivity index (χ4v) is 2.95. The average molecular weight is 347 g/mol. The fourth-order valence-electron chi connectivity index (χ4n) is 2.95. The fraction of sp³-hybridized carbons (Fsp3) is 0.368. The van der Waals surface area contributed by atoms with E-state index in [4.69, 9.17) is 14.6 Å². The minimum absolute atomic E-state index is 0.0261. The summed E-state index contributed by atoms with van der Waals surface area (Å²) in [6, 6.07) is 13.6. The van der Waals surface area contributed by atoms with Crippen LogP contribution < -0.4 is 9.47 Å². The minimum atomic E-state index is -0.628. The van der Waals surface area contributed by atoms with Gasteiger partial charge in [0, 0.05) is 25.7 Å². The van der Waals surface area contributed by atoms with Crippen LogP contribution in [0.4, 0.5) is 4.39 Å². The second-order valence-electron chi connectivity index (χ2n) is 6.09. The van der Waals surface area contributed by atoms with Crippen molar-refractivity contribution in [3.8, 4) is 11.5 Å². The van der Waals surface area contributed by atoms with Gasteiger partial charge in [0.05, 0.1) is 6.61 Å². The largest absolute Gasteiger partial charge is 0.491 e. The molecule has 0 amide bonds. The van der Waals surface area contributed by atoms with Crippen LogP contribution in [0.5, 0.6) is 11.5 Å². The van der Waals surface area contributed by atoms with E-state index >= 15 is 0 Å². The topological polar surface area (TPSA) is 62.2 Å². The van der Waals surface area contributed by atoms with Crippen molar-refractivity contribution in [3.05, 3.63) is 59.9 Å². The molecule has 1 aliphatic heterocycles. The van der Waals surface area contributed by atoms with Crippen LogP contribution in [0.1, 0.15) is 5.56 Å². The van der Waals surface area contributed by atoms with E-state index in [0.29, 0.717) is 31.1 Å². The number of aliphatic hydroxyl groups excluding tert-OH is 2. The zero-order chi connectivity index (χ0) is 17.6. The number of hydrogen-bond acceptors (Lipinski definition) is 5. The second kappa shape index (κ2) is 8.29. The van der Waals surface area contributed by atoms with Gasteiger partial charge in [-0.15, -0.1) is 0 Å². The van der Waals surface area contributed by atoms with Crippen molar-refractivity contribution in [2.75, 3.05) is 26.3 Å². The van der Waals surface area contributed by atoms with E-state index in [2.05, 4.69) is 4.90 Å². The smallest absolute Gasteiger partial charge is 0.138 e. The van der Waals surface area contributed by atoms with E-state index in [1.807, 2.05) is 24.3 Å². The summed E-state index contributed by atoms with van der Waals surface area (Å²) in [7, 11) is 0. The van der Waals surface area contributed by atoms with Crippen LogP contribution in [0.3, 0.4) is 0 Å². The van der Waals surface area contributed by atoms with Crippen molar-refractivity contribution < 1.29 is 24.1 Å². The van der Waals surface area contributed by atoms with Gasteiger partial charge in [-0.2, -0.15) is 0 Å². The Morgan fingerprint density at radius 3 is 2.68 bits per heavy atom. The lowest BCUT2D eigenvalue weighted by Crippen LogP contribution is -2.29. The molecule has 0 aliphatic carbocycles. The van der Waals surface area contributed by atoms with Gasteiger partial charge in [-0.3, -0.25) is 4.90 Å². The van der Waals surface area contributed by atoms with E-state index in [0.717, 1.165) is 5.56 Å². The Kier molecular flexibility index (Phi) is 5.86. The van der Waals surface area contributed by atoms with Crippen LogP contribution >= 0.6 is 0 Å². The lowest BCUT2D eigenvalue weighted by molar-refractivity contribution is 0.0734. The van der Waals surface area contributed by atoms with Crippen molar-refractivity contribution in [1.29, 1.82) is 0 Å². The van der Waals surface area contributed by atoms with Gasteiger partial charge in [0.25, 0.3) is 0 Å². The Morgan fingerprint density at radius 2 is 1.88 bits per heavy atom. The molecule has 25 heavy (non-hydrogen) atoms. The highest BCUT2D eigenvalue weighted by atomic mass is 19.1. The molecule has 1 fully saturated rings. The Balaban J connectivity index is 1.58. The molecule has 0 bridgehead atoms. The number of aliphatic hydroxyl groups is 2. The summed E-state index contributed by atoms with van der Waals surface area (Å²) in [5.74, 6) is 0.769. The van der Waals surface area contributed by atoms with Gasteiger partial charge in [0.2, 0.25) is 0 Å². The molecule has 6 heteroatoms. The Bertz CT molecular complexity index is 697. The van der Waals surface area contributed by atoms with Crippen molar-refractivity contribution in [3.63, 3.8) is 0 Å². The molecule has 1 heterocycles. The molecule has 134 valence electrons. The SMILES string of the molecule is OCCOc1cccc(CN2C[C@@H](O)[C@H](Oc3cccc(F)c3)C2)c1. The number of likely N-dealkylation sites (tertiary alicyclic amines) is 1. The number of ether oxygens (including phenoxy) is 2. The molecule has 0 spiro atoms. The monoisotopic (exact) mass is 347 g/mol. The lowest BCUT2D eigenvalue weighted by Gasteiger charge is -2.17. The van der Waals surface area contributed by atoms with E-state index in [1.54, 1.807) is 12.1 Å². The van der Waals surface area contributed by atoms with E-state index < -0.39 is 12.2 Å². The Morgan fingerprint density at radius 1 is 1.08 bits per heavy atom. The summed E-state index contributed by atoms with van der Waals surface area (Å²) >= 11 is 0. The van der Waals surface area contributed by atoms with Gasteiger partial charge in [-0.05, 0) is 29.8 Å². The number of nitrogens with zero attached hydrogens (tertiary/aromatic N) is 1. The number of hydrogen-bond donors (Lipinski definition) is 2. The van der Waals surface area contributed by atoms with E-state index in [-0.39, 0.29) is 19.0 Å². The van der Waals surface area contributed by atoms with Crippen LogP contribution in [0.25, 0.3) is 0 Å². The standard InChI is InChI=1S/C19H22FNO4/c20-15-4-2-6-17(10-15)25-19-13-21(12-18(19)23)11-14-3-1-5-16(9-14)24-8-7-22/h1-6,9-10,18-19,22-23H,7-8,11-13H2/t18-,19-/m1/s1. The van der Waals surface area contributed by atoms with Crippen molar-refractivity contribution in [1.82, 2.24) is 4.90 Å². The van der Waals surface area contributed by atoms with Gasteiger partial charge in [-0.25, -0.2) is 4.39 Å². The first-order valence-electron chi connectivity index (χ1n) is 8.29. The first kappa shape index (κ1) is 17.7. The van der Waals surface area contributed by atoms with Crippen LogP contribution in [-0.2, 0) is 6.54 Å². The normalized spacial score (nSPS) is 20.6. The molecule has 5 nitrogen and oxygen atoms in total. The first-order valence-corrected chi connectivity index (χ1v) is 8.29. The number of β-amino-alcohol motifs (C(OH)–C–C–N with tert-alkyl or cyclic N) is 1. The molecule has 1 aliphatic rings. The third kappa shape index (κ3) is 4.92. The van der Waals surface area contributed by atoms with Gasteiger partial charge in [0.15, 0.2) is 0 Å². The molecule has 0 radical (unpaired) electrons. The molecular weight excluding hydrogens is 325 g/mol.